The van der Waals surface area contributed by atoms with E-state index in [1.165, 1.54) is 37.4 Å². The molecule has 0 aromatic rings. The van der Waals surface area contributed by atoms with Crippen molar-refractivity contribution in [1.82, 2.24) is 4.90 Å². The van der Waals surface area contributed by atoms with Crippen molar-refractivity contribution in [2.45, 2.75) is 23.8 Å². The second kappa shape index (κ2) is 3.65. The van der Waals surface area contributed by atoms with Gasteiger partial charge in [0.25, 0.3) is 0 Å². The summed E-state index contributed by atoms with van der Waals surface area (Å²) < 4.78 is 0.729. The van der Waals surface area contributed by atoms with E-state index in [1.54, 1.807) is 0 Å². The molecule has 2 saturated heterocycles. The van der Waals surface area contributed by atoms with Crippen LogP contribution >= 0.6 is 34.4 Å². The zero-order valence-electron chi connectivity index (χ0n) is 7.55. The molecule has 0 aliphatic carbocycles. The summed E-state index contributed by atoms with van der Waals surface area (Å²) in [6.07, 6.45) is 2.92. The van der Waals surface area contributed by atoms with Gasteiger partial charge in [-0.25, -0.2) is 0 Å². The van der Waals surface area contributed by atoms with E-state index in [4.69, 9.17) is 0 Å². The Morgan fingerprint density at radius 1 is 1.50 bits per heavy atom. The quantitative estimate of drug-likeness (QED) is 0.416. The van der Waals surface area contributed by atoms with Gasteiger partial charge >= 0.3 is 0 Å². The van der Waals surface area contributed by atoms with Crippen molar-refractivity contribution in [2.75, 3.05) is 24.6 Å². The molecule has 12 heavy (non-hydrogen) atoms. The lowest BCUT2D eigenvalue weighted by molar-refractivity contribution is 0.282. The predicted molar refractivity (Wildman–Crippen MR) is 64.0 cm³/mol. The number of alkyl halides is 1. The number of hydrogen-bond donors (Lipinski definition) is 0. The Kier molecular flexibility index (Phi) is 2.92. The lowest BCUT2D eigenvalue weighted by atomic mass is 9.87. The van der Waals surface area contributed by atoms with E-state index < -0.39 is 0 Å². The number of hydrogen-bond acceptors (Lipinski definition) is 2. The minimum atomic E-state index is 0.726. The molecule has 2 rings (SSSR count). The summed E-state index contributed by atoms with van der Waals surface area (Å²) in [4.78, 5) is 2.63. The summed E-state index contributed by atoms with van der Waals surface area (Å²) in [6.45, 7) is 5.01. The van der Waals surface area contributed by atoms with Gasteiger partial charge in [-0.1, -0.05) is 22.6 Å². The van der Waals surface area contributed by atoms with Crippen LogP contribution in [-0.4, -0.2) is 33.5 Å². The fourth-order valence-electron chi connectivity index (χ4n) is 2.24. The summed E-state index contributed by atoms with van der Waals surface area (Å²) in [5.74, 6) is 2.83. The van der Waals surface area contributed by atoms with E-state index in [0.29, 0.717) is 0 Å². The van der Waals surface area contributed by atoms with Gasteiger partial charge in [-0.05, 0) is 37.5 Å². The Hall–Kier alpha value is 1.04. The van der Waals surface area contributed by atoms with Gasteiger partial charge in [0.05, 0.1) is 4.05 Å². The van der Waals surface area contributed by atoms with Gasteiger partial charge in [-0.3, -0.25) is 4.90 Å². The Balaban J connectivity index is 1.96. The van der Waals surface area contributed by atoms with Crippen LogP contribution in [0.4, 0.5) is 0 Å². The second-order valence-corrected chi connectivity index (χ2v) is 7.00. The summed E-state index contributed by atoms with van der Waals surface area (Å²) in [5.41, 5.74) is 0.726. The molecule has 1 spiro atoms. The maximum absolute atomic E-state index is 2.63. The zero-order valence-corrected chi connectivity index (χ0v) is 10.5. The third-order valence-corrected chi connectivity index (χ3v) is 5.25. The van der Waals surface area contributed by atoms with Gasteiger partial charge in [0, 0.05) is 12.3 Å². The van der Waals surface area contributed by atoms with Crippen LogP contribution in [0, 0.1) is 5.41 Å². The number of nitrogens with zero attached hydrogens (tertiary/aromatic N) is 1. The fraction of sp³-hybridized carbons (Fsp3) is 1.00. The lowest BCUT2D eigenvalue weighted by Gasteiger charge is -2.24. The molecule has 0 radical (unpaired) electrons. The smallest absolute Gasteiger partial charge is 0.0590 e. The van der Waals surface area contributed by atoms with Crippen LogP contribution in [-0.2, 0) is 0 Å². The zero-order chi connectivity index (χ0) is 8.60. The van der Waals surface area contributed by atoms with E-state index in [9.17, 15) is 0 Å². The Morgan fingerprint density at radius 2 is 2.33 bits per heavy atom. The van der Waals surface area contributed by atoms with Gasteiger partial charge in [0.15, 0.2) is 0 Å². The largest absolute Gasteiger partial charge is 0.291 e. The first-order valence-corrected chi connectivity index (χ1v) is 7.08. The average Bonchev–Trinajstić information content (AvgIpc) is 2.62. The lowest BCUT2D eigenvalue weighted by Crippen LogP contribution is -2.30. The second-order valence-electron chi connectivity index (χ2n) is 4.10. The topological polar surface area (TPSA) is 3.24 Å². The van der Waals surface area contributed by atoms with Crippen molar-refractivity contribution < 1.29 is 0 Å². The van der Waals surface area contributed by atoms with E-state index in [2.05, 4.69) is 46.2 Å². The molecule has 2 unspecified atom stereocenters. The Morgan fingerprint density at radius 3 is 2.83 bits per heavy atom. The summed E-state index contributed by atoms with van der Waals surface area (Å²) in [7, 11) is 0. The highest BCUT2D eigenvalue weighted by molar-refractivity contribution is 14.1. The van der Waals surface area contributed by atoms with Gasteiger partial charge in [-0.2, -0.15) is 11.8 Å². The molecular weight excluding hydrogens is 281 g/mol. The fourth-order valence-corrected chi connectivity index (χ4v) is 4.25. The highest BCUT2D eigenvalue weighted by Crippen LogP contribution is 2.44. The highest BCUT2D eigenvalue weighted by Gasteiger charge is 2.41. The summed E-state index contributed by atoms with van der Waals surface area (Å²) in [5, 5.41) is 0. The molecule has 1 nitrogen and oxygen atoms in total. The number of thioether (sulfide) groups is 1. The van der Waals surface area contributed by atoms with Crippen LogP contribution in [0.3, 0.4) is 0 Å². The first-order valence-electron chi connectivity index (χ1n) is 4.68. The van der Waals surface area contributed by atoms with Crippen molar-refractivity contribution in [3.8, 4) is 0 Å². The molecule has 0 amide bonds. The maximum Gasteiger partial charge on any atom is 0.0590 e. The van der Waals surface area contributed by atoms with E-state index in [-0.39, 0.29) is 0 Å². The van der Waals surface area contributed by atoms with Crippen molar-refractivity contribution in [1.29, 1.82) is 0 Å². The molecule has 0 bridgehead atoms. The molecule has 2 atom stereocenters. The number of halogens is 1. The Labute approximate surface area is 92.8 Å². The maximum atomic E-state index is 2.63. The van der Waals surface area contributed by atoms with Gasteiger partial charge in [-0.15, -0.1) is 0 Å². The minimum absolute atomic E-state index is 0.726. The van der Waals surface area contributed by atoms with Crippen molar-refractivity contribution >= 4 is 34.4 Å². The van der Waals surface area contributed by atoms with Crippen LogP contribution < -0.4 is 0 Å². The molecule has 0 N–H and O–H groups in total. The van der Waals surface area contributed by atoms with E-state index in [1.807, 2.05) is 0 Å². The molecule has 2 heterocycles. The van der Waals surface area contributed by atoms with Gasteiger partial charge < -0.3 is 0 Å². The molecular formula is C9H16INS. The van der Waals surface area contributed by atoms with Gasteiger partial charge in [0.1, 0.15) is 0 Å². The highest BCUT2D eigenvalue weighted by atomic mass is 127. The van der Waals surface area contributed by atoms with E-state index >= 15 is 0 Å². The molecule has 2 fully saturated rings. The average molecular weight is 297 g/mol. The SMILES string of the molecule is CC(I)N1CCC2(CCSC2)C1. The van der Waals surface area contributed by atoms with Crippen LogP contribution in [0.15, 0.2) is 0 Å². The summed E-state index contributed by atoms with van der Waals surface area (Å²) >= 11 is 4.69. The molecule has 2 aliphatic heterocycles. The number of likely N-dealkylation sites (tertiary alicyclic amines) is 1. The van der Waals surface area contributed by atoms with E-state index in [0.717, 1.165) is 9.46 Å². The molecule has 0 saturated carbocycles. The standard InChI is InChI=1S/C9H16INS/c1-8(10)11-4-2-9(6-11)3-5-12-7-9/h8H,2-7H2,1H3. The first kappa shape index (κ1) is 9.59. The first-order chi connectivity index (χ1) is 5.72. The Bertz CT molecular complexity index is 166. The molecule has 0 aromatic heterocycles. The molecule has 70 valence electrons. The van der Waals surface area contributed by atoms with Crippen LogP contribution in [0.5, 0.6) is 0 Å². The monoisotopic (exact) mass is 297 g/mol. The van der Waals surface area contributed by atoms with Gasteiger partial charge in [0.2, 0.25) is 0 Å². The molecule has 2 aliphatic rings. The molecule has 3 heteroatoms. The normalized spacial score (nSPS) is 39.5. The van der Waals surface area contributed by atoms with Crippen molar-refractivity contribution in [2.24, 2.45) is 5.41 Å². The van der Waals surface area contributed by atoms with Crippen LogP contribution in [0.1, 0.15) is 19.8 Å². The predicted octanol–water partition coefficient (Wildman–Crippen LogP) is 2.60. The molecule has 0 aromatic carbocycles. The number of rotatable bonds is 1. The minimum Gasteiger partial charge on any atom is -0.291 e. The van der Waals surface area contributed by atoms with Crippen molar-refractivity contribution in [3.05, 3.63) is 0 Å². The van der Waals surface area contributed by atoms with Crippen molar-refractivity contribution in [3.63, 3.8) is 0 Å². The summed E-state index contributed by atoms with van der Waals surface area (Å²) in [6, 6.07) is 0. The third-order valence-electron chi connectivity index (χ3n) is 3.16. The van der Waals surface area contributed by atoms with Crippen LogP contribution in [0.25, 0.3) is 0 Å². The third kappa shape index (κ3) is 1.77. The van der Waals surface area contributed by atoms with Crippen LogP contribution in [0.2, 0.25) is 0 Å².